The summed E-state index contributed by atoms with van der Waals surface area (Å²) in [5.41, 5.74) is 18.0. The van der Waals surface area contributed by atoms with E-state index in [0.29, 0.717) is 103 Å². The molecule has 0 amide bonds. The molecule has 16 rings (SSSR count). The highest BCUT2D eigenvalue weighted by Crippen LogP contribution is 2.39. The fraction of sp³-hybridized carbons (Fsp3) is 0.221. The molecule has 5 N–H and O–H groups in total. The first-order valence-electron chi connectivity index (χ1n) is 36.2. The number of benzene rings is 8. The van der Waals surface area contributed by atoms with Crippen LogP contribution in [0.3, 0.4) is 0 Å². The predicted octanol–water partition coefficient (Wildman–Crippen LogP) is 9.33. The predicted molar refractivity (Wildman–Crippen MR) is 431 cm³/mol. The number of aryl methyl sites for hydroxylation is 10. The normalized spacial score (nSPS) is 12.3. The number of hydrogen-bond donors (Lipinski definition) is 5. The summed E-state index contributed by atoms with van der Waals surface area (Å²) in [5.74, 6) is 2.60. The monoisotopic (exact) mass is 1470 g/mol. The van der Waals surface area contributed by atoms with E-state index in [-0.39, 0.29) is 33.2 Å². The van der Waals surface area contributed by atoms with Gasteiger partial charge in [-0.3, -0.25) is 24.2 Å². The Morgan fingerprint density at radius 1 is 0.445 bits per heavy atom. The molecule has 110 heavy (non-hydrogen) atoms. The van der Waals surface area contributed by atoms with Crippen LogP contribution >= 0.6 is 0 Å². The summed E-state index contributed by atoms with van der Waals surface area (Å²) in [4.78, 5) is 113. The summed E-state index contributed by atoms with van der Waals surface area (Å²) < 4.78 is 13.6. The van der Waals surface area contributed by atoms with E-state index in [9.17, 15) is 29.1 Å². The molecule has 11 aromatic rings. The summed E-state index contributed by atoms with van der Waals surface area (Å²) in [6.45, 7) is 31.1. The van der Waals surface area contributed by atoms with E-state index < -0.39 is 17.4 Å². The van der Waals surface area contributed by atoms with E-state index >= 15 is 0 Å². The Labute approximate surface area is 632 Å². The molecule has 8 aromatic carbocycles. The van der Waals surface area contributed by atoms with Gasteiger partial charge in [0.1, 0.15) is 28.8 Å². The van der Waals surface area contributed by atoms with Crippen LogP contribution in [0, 0.1) is 55.4 Å². The van der Waals surface area contributed by atoms with E-state index in [1.54, 1.807) is 0 Å². The quantitative estimate of drug-likeness (QED) is 0.0419. The topological polar surface area (TPSA) is 303 Å². The maximum atomic E-state index is 12.5. The number of rotatable bonds is 17. The van der Waals surface area contributed by atoms with Crippen molar-refractivity contribution in [2.75, 3.05) is 47.5 Å². The van der Waals surface area contributed by atoms with Gasteiger partial charge in [-0.2, -0.15) is 4.98 Å². The number of anilines is 6. The fourth-order valence-corrected chi connectivity index (χ4v) is 13.2. The zero-order chi connectivity index (χ0) is 77.4. The molecule has 1 atom stereocenters. The van der Waals surface area contributed by atoms with Gasteiger partial charge in [-0.1, -0.05) is 134 Å². The molecule has 0 spiro atoms. The van der Waals surface area contributed by atoms with Gasteiger partial charge in [-0.25, -0.2) is 39.7 Å². The Balaban J connectivity index is 0.000000129. The summed E-state index contributed by atoms with van der Waals surface area (Å²) >= 11 is 0. The number of hydrogen-bond acceptors (Lipinski definition) is 19. The number of H-pyrrole nitrogens is 4. The van der Waals surface area contributed by atoms with E-state index in [1.165, 1.54) is 11.1 Å². The number of aromatic amines is 4. The number of β-amino-alcohol motifs (C(OH)–C–C–N with tert-alkyl or cyclic N) is 1. The Bertz CT molecular complexity index is 6290. The standard InChI is InChI=1S/3C22H22N4O2.C20H18N4O2/c1-13-6-8-16(9-7-13)5-4-10-26-18-12-15(3)14(2)11-17(18)23-19-20(26)24-22(28)25-21(19)27;1-13-9-18-19(10-14(13)2)26(12-17(27)11-16-7-5-4-6-8-16)21-20(25-18)22(28)24-15(3)23-21;1-14-11-18-19(12-15(14)2)26(9-10-28-13-17-7-5-4-6-8-17)21-20(25-18)22(27)24-16(3)23-21;1-13-8-9-17-16(12-13)23-18-19(21-14(2)22-20(18)25)24(17)10-11-26-15-6-4-3-5-7-15/h6-9,11-12H,4-5,10H2,1-3H3,(H,25,27,28);4-10,17,27H,3,11-12H2,1-2H3,(H,24,28);4-8,11-12H,3,9-10,13H2,1-2H3,(H,24,27);3-9,12H,2,10-11H2,1H3,(H,22,25). The number of fused-ring (bicyclic) bond motifs is 8. The number of nitrogens with zero attached hydrogens (tertiary/aromatic N) is 12. The highest BCUT2D eigenvalue weighted by atomic mass is 16.5. The molecule has 0 fully saturated rings. The van der Waals surface area contributed by atoms with Crippen LogP contribution in [0.4, 0.5) is 51.6 Å². The molecule has 556 valence electrons. The van der Waals surface area contributed by atoms with Crippen LogP contribution in [0.1, 0.15) is 67.6 Å². The third-order valence-electron chi connectivity index (χ3n) is 19.2. The van der Waals surface area contributed by atoms with Crippen molar-refractivity contribution in [1.29, 1.82) is 0 Å². The number of nitrogens with one attached hydrogen (secondary N) is 4. The molecule has 0 aliphatic carbocycles. The highest BCUT2D eigenvalue weighted by molar-refractivity contribution is 5.82. The minimum Gasteiger partial charge on any atom is -0.492 e. The summed E-state index contributed by atoms with van der Waals surface area (Å²) in [5, 5.41) is 11.6. The van der Waals surface area contributed by atoms with Gasteiger partial charge in [0, 0.05) is 19.5 Å². The van der Waals surface area contributed by atoms with Crippen molar-refractivity contribution in [2.45, 2.75) is 93.9 Å². The number of para-hydroxylation sites is 1. The van der Waals surface area contributed by atoms with Crippen molar-refractivity contribution in [3.05, 3.63) is 315 Å². The molecule has 24 heteroatoms. The van der Waals surface area contributed by atoms with Crippen molar-refractivity contribution in [1.82, 2.24) is 49.4 Å². The van der Waals surface area contributed by atoms with Crippen molar-refractivity contribution in [3.63, 3.8) is 0 Å². The first-order chi connectivity index (χ1) is 53.0. The lowest BCUT2D eigenvalue weighted by Crippen LogP contribution is -2.44. The second-order valence-corrected chi connectivity index (χ2v) is 27.5. The molecule has 8 heterocycles. The third-order valence-corrected chi connectivity index (χ3v) is 19.2. The van der Waals surface area contributed by atoms with E-state index in [0.717, 1.165) is 108 Å². The number of aromatic nitrogens is 10. The van der Waals surface area contributed by atoms with Gasteiger partial charge in [0.25, 0.3) is 22.2 Å². The first kappa shape index (κ1) is 75.1. The van der Waals surface area contributed by atoms with Gasteiger partial charge in [0.05, 0.1) is 77.6 Å². The van der Waals surface area contributed by atoms with Crippen molar-refractivity contribution >= 4 is 82.3 Å². The van der Waals surface area contributed by atoms with E-state index in [1.807, 2.05) is 194 Å². The highest BCUT2D eigenvalue weighted by Gasteiger charge is 2.28. The second-order valence-electron chi connectivity index (χ2n) is 27.5. The largest absolute Gasteiger partial charge is 0.492 e. The lowest BCUT2D eigenvalue weighted by Gasteiger charge is -2.30. The smallest absolute Gasteiger partial charge is 0.349 e. The molecule has 0 saturated carbocycles. The molecular formula is C86H84N16O8. The molecular weight excluding hydrogens is 1390 g/mol. The number of aliphatic hydroxyl groups is 1. The van der Waals surface area contributed by atoms with Crippen molar-refractivity contribution in [2.24, 2.45) is 15.0 Å². The molecule has 0 radical (unpaired) electrons. The van der Waals surface area contributed by atoms with Crippen molar-refractivity contribution in [3.8, 4) is 17.3 Å². The number of ether oxygens (including phenoxy) is 2. The third kappa shape index (κ3) is 17.1. The maximum Gasteiger partial charge on any atom is 0.349 e. The molecule has 0 bridgehead atoms. The summed E-state index contributed by atoms with van der Waals surface area (Å²) in [6, 6.07) is 56.0. The average Bonchev–Trinajstić information content (AvgIpc) is 0.769. The lowest BCUT2D eigenvalue weighted by molar-refractivity contribution is 0.128. The van der Waals surface area contributed by atoms with Crippen LogP contribution in [0.15, 0.2) is 209 Å². The summed E-state index contributed by atoms with van der Waals surface area (Å²) in [6.07, 6.45) is 1.62. The maximum absolute atomic E-state index is 12.5. The SMILES string of the molecule is C=c1nc2c(c(=O)[nH]1)=Nc1cc(C)c(C)cc1N2CC(O)Cc1ccccc1.C=c1nc2c(c(=O)[nH]1)=Nc1cc(C)c(C)cc1N2CCOCc1ccccc1.C=c1nc2c(c(=O)[nH]1)=Nc1cc(C)ccc1N2CCOc1ccccc1.Cc1ccc(CCCn2c3nc(=O)[nH]c(=O)c-3nc3cc(C)c(C)cc32)cc1. The lowest BCUT2D eigenvalue weighted by atomic mass is 10.0. The van der Waals surface area contributed by atoms with Crippen LogP contribution < -0.4 is 79.9 Å². The second kappa shape index (κ2) is 32.9. The first-order valence-corrected chi connectivity index (χ1v) is 36.2. The molecule has 3 aromatic heterocycles. The average molecular weight is 1470 g/mol. The van der Waals surface area contributed by atoms with E-state index in [4.69, 9.17) is 9.47 Å². The van der Waals surface area contributed by atoms with Gasteiger partial charge >= 0.3 is 5.69 Å². The molecule has 5 aliphatic rings. The van der Waals surface area contributed by atoms with Crippen LogP contribution in [0.5, 0.6) is 5.75 Å². The van der Waals surface area contributed by atoms with Gasteiger partial charge < -0.3 is 48.8 Å². The van der Waals surface area contributed by atoms with Crippen LogP contribution in [0.25, 0.3) is 42.3 Å². The Hall–Kier alpha value is -13.2. The molecule has 5 aliphatic heterocycles. The summed E-state index contributed by atoms with van der Waals surface area (Å²) in [7, 11) is 0. The zero-order valence-corrected chi connectivity index (χ0v) is 62.6. The van der Waals surface area contributed by atoms with Crippen molar-refractivity contribution < 1.29 is 14.6 Å². The van der Waals surface area contributed by atoms with Gasteiger partial charge in [-0.15, -0.1) is 0 Å². The Morgan fingerprint density at radius 2 is 0.927 bits per heavy atom. The van der Waals surface area contributed by atoms with E-state index in [2.05, 4.69) is 130 Å². The minimum atomic E-state index is -0.644. The van der Waals surface area contributed by atoms with Gasteiger partial charge in [0.2, 0.25) is 0 Å². The Morgan fingerprint density at radius 3 is 1.51 bits per heavy atom. The fourth-order valence-electron chi connectivity index (χ4n) is 13.2. The molecule has 1 unspecified atom stereocenters. The van der Waals surface area contributed by atoms with Crippen LogP contribution in [-0.4, -0.2) is 93.5 Å². The minimum absolute atomic E-state index is 0.200. The number of aliphatic hydroxyl groups excluding tert-OH is 1. The van der Waals surface area contributed by atoms with Gasteiger partial charge in [0.15, 0.2) is 45.0 Å². The zero-order valence-electron chi connectivity index (χ0n) is 62.6. The van der Waals surface area contributed by atoms with Crippen LogP contribution in [-0.2, 0) is 30.7 Å². The molecule has 0 saturated heterocycles. The van der Waals surface area contributed by atoms with Gasteiger partial charge in [-0.05, 0) is 185 Å². The van der Waals surface area contributed by atoms with Crippen LogP contribution in [0.2, 0.25) is 0 Å². The molecule has 24 nitrogen and oxygen atoms in total. The Kier molecular flexibility index (Phi) is 22.4.